The first kappa shape index (κ1) is 117. The van der Waals surface area contributed by atoms with Crippen LogP contribution in [0.3, 0.4) is 0 Å². The lowest BCUT2D eigenvalue weighted by Gasteiger charge is -2.08. The van der Waals surface area contributed by atoms with Gasteiger partial charge in [0.2, 0.25) is 0 Å². The minimum absolute atomic E-state index is 0.00472. The Hall–Kier alpha value is -13.1. The number of aliphatic carboxylic acids is 1. The summed E-state index contributed by atoms with van der Waals surface area (Å²) in [6.07, 6.45) is 10.7. The molecule has 6 N–H and O–H groups in total. The number of esters is 1. The van der Waals surface area contributed by atoms with Gasteiger partial charge in [0.05, 0.1) is 108 Å². The summed E-state index contributed by atoms with van der Waals surface area (Å²) in [6, 6.07) is 54.3. The zero-order valence-electron chi connectivity index (χ0n) is 77.2. The zero-order chi connectivity index (χ0) is 106. The summed E-state index contributed by atoms with van der Waals surface area (Å²) in [5.41, 5.74) is 19.2. The number of nitrogens with zero attached hydrogens (tertiary/aromatic N) is 8. The Labute approximate surface area is 837 Å². The van der Waals surface area contributed by atoms with Gasteiger partial charge < -0.3 is 26.4 Å². The first-order valence-electron chi connectivity index (χ1n) is 43.3. The van der Waals surface area contributed by atoms with E-state index in [2.05, 4.69) is 33.2 Å². The molecule has 14 rings (SSSR count). The quantitative estimate of drug-likeness (QED) is 0.00545. The number of aliphatic hydroxyl groups is 1. The Kier molecular flexibility index (Phi) is 45.4. The number of aromatic nitrogens is 4. The van der Waals surface area contributed by atoms with E-state index in [1.54, 1.807) is 48.5 Å². The van der Waals surface area contributed by atoms with Gasteiger partial charge in [0.1, 0.15) is 91.6 Å². The minimum Gasteiger partial charge on any atom is -0.481 e. The maximum absolute atomic E-state index is 14.4. The summed E-state index contributed by atoms with van der Waals surface area (Å²) >= 11 is 15.3. The van der Waals surface area contributed by atoms with Crippen LogP contribution in [0.2, 0.25) is 10.0 Å². The van der Waals surface area contributed by atoms with Crippen molar-refractivity contribution >= 4 is 125 Å². The molecule has 2 aliphatic carbocycles. The first-order valence-corrected chi connectivity index (χ1v) is 53.5. The molecule has 0 atom stereocenters. The monoisotopic (exact) mass is 2170 g/mol. The normalized spacial score (nSPS) is 12.0. The number of hydrogen-bond acceptors (Lipinski definition) is 25. The summed E-state index contributed by atoms with van der Waals surface area (Å²) in [7, 11) is -12.5. The van der Waals surface area contributed by atoms with E-state index >= 15 is 0 Å². The second kappa shape index (κ2) is 55.5. The third-order valence-corrected chi connectivity index (χ3v) is 25.3. The summed E-state index contributed by atoms with van der Waals surface area (Å²) in [6.45, 7) is 0.320. The minimum atomic E-state index is -3.17. The van der Waals surface area contributed by atoms with Crippen molar-refractivity contribution in [2.45, 2.75) is 115 Å². The van der Waals surface area contributed by atoms with Gasteiger partial charge in [-0.3, -0.25) is 54.8 Å². The van der Waals surface area contributed by atoms with E-state index < -0.39 is 124 Å². The molecule has 2 heterocycles. The molecule has 2 saturated carbocycles. The molecule has 46 heteroatoms. The fraction of sp³-hybridized carbons (Fsp3) is 0.289. The van der Waals surface area contributed by atoms with Crippen LogP contribution in [0, 0.1) is 81.2 Å². The van der Waals surface area contributed by atoms with Crippen LogP contribution in [0.25, 0.3) is 11.4 Å². The van der Waals surface area contributed by atoms with Crippen molar-refractivity contribution < 1.29 is 113 Å². The van der Waals surface area contributed by atoms with Crippen molar-refractivity contribution in [2.24, 2.45) is 5.73 Å². The van der Waals surface area contributed by atoms with Crippen LogP contribution in [-0.2, 0) is 124 Å². The number of carboxylic acids is 1. The maximum atomic E-state index is 14.4. The van der Waals surface area contributed by atoms with Crippen LogP contribution in [0.5, 0.6) is 5.75 Å². The number of carbonyl (C=O) groups excluding carboxylic acids is 2. The Bertz CT molecular complexity index is 6930. The van der Waals surface area contributed by atoms with Crippen LogP contribution >= 0.6 is 39.1 Å². The largest absolute Gasteiger partial charge is 0.481 e. The fourth-order valence-electron chi connectivity index (χ4n) is 12.9. The number of carboxylic acid groups (broad SMARTS) is 1. The van der Waals surface area contributed by atoms with Gasteiger partial charge in [-0.15, -0.1) is 0 Å². The van der Waals surface area contributed by atoms with Crippen LogP contribution in [0.4, 0.5) is 59.2 Å². The number of ketones is 1. The molecule has 0 aliphatic heterocycles. The van der Waals surface area contributed by atoms with Crippen molar-refractivity contribution in [3.05, 3.63) is 382 Å². The molecule has 143 heavy (non-hydrogen) atoms. The SMILES string of the molecule is CS(=O)(=O)CCc1ccc(CC(=O)CCc2cc(C3CC3)nn2-c2cccc(Cl)c2)cc1F.CS(=O)(=O)CCc1ccc(CC(=O)Oc2ccccc2)cc1F.CS(=O)(=O)CCc1ccc(N)cc1F.CS(=O)(=O)CCc1ccc([N+](=O)[O-])cc1F.NCc1cc(C2CC2)nn1-c1cccc(Cl)c1.O=C(O)Cc1ccc([N+](=O)[O-])cc1F.O=[N+]([O-])c1ccc(CCBr)c(F)c1.O=[N+]([O-])c1ccc(CCO)c(F)c1. The number of non-ortho nitro benzene ring substituents is 4. The number of halogens is 10. The lowest BCUT2D eigenvalue weighted by atomic mass is 10.0. The Morgan fingerprint density at radius 1 is 0.427 bits per heavy atom. The van der Waals surface area contributed by atoms with Gasteiger partial charge in [-0.05, 0) is 230 Å². The molecular weight excluding hydrogens is 2070 g/mol. The maximum Gasteiger partial charge on any atom is 0.315 e. The van der Waals surface area contributed by atoms with Crippen molar-refractivity contribution in [1.82, 2.24) is 19.6 Å². The molecule has 2 fully saturated rings. The van der Waals surface area contributed by atoms with E-state index in [-0.39, 0.29) is 114 Å². The summed E-state index contributed by atoms with van der Waals surface area (Å²) in [5, 5.41) is 69.3. The molecule has 764 valence electrons. The molecule has 10 aromatic carbocycles. The topological polar surface area (TPSA) is 498 Å². The van der Waals surface area contributed by atoms with Crippen molar-refractivity contribution in [2.75, 3.05) is 65.7 Å². The molecule has 2 aromatic heterocycles. The van der Waals surface area contributed by atoms with Gasteiger partial charge >= 0.3 is 11.9 Å². The molecular formula is C97H100BrCl2F7N10O22S4. The van der Waals surface area contributed by atoms with Gasteiger partial charge in [0.25, 0.3) is 22.7 Å². The van der Waals surface area contributed by atoms with E-state index in [4.69, 9.17) is 54.7 Å². The number of sulfone groups is 4. The number of nitro groups is 4. The molecule has 32 nitrogen and oxygen atoms in total. The van der Waals surface area contributed by atoms with Crippen LogP contribution in [0.1, 0.15) is 117 Å². The molecule has 0 unspecified atom stereocenters. The van der Waals surface area contributed by atoms with E-state index in [1.807, 2.05) is 64.0 Å². The van der Waals surface area contributed by atoms with E-state index in [0.717, 1.165) is 108 Å². The van der Waals surface area contributed by atoms with Gasteiger partial charge in [-0.1, -0.05) is 99.8 Å². The first-order chi connectivity index (χ1) is 67.3. The number of aryl methyl sites for hydroxylation is 6. The van der Waals surface area contributed by atoms with Crippen LogP contribution in [0.15, 0.2) is 218 Å². The number of ether oxygens (including phenoxy) is 1. The van der Waals surface area contributed by atoms with E-state index in [1.165, 1.54) is 73.5 Å². The number of carbonyl (C=O) groups is 3. The number of rotatable bonds is 35. The van der Waals surface area contributed by atoms with Crippen molar-refractivity contribution in [1.29, 1.82) is 0 Å². The van der Waals surface area contributed by atoms with Gasteiger partial charge in [-0.2, -0.15) is 10.2 Å². The summed E-state index contributed by atoms with van der Waals surface area (Å²) in [5.74, 6) is -4.78. The van der Waals surface area contributed by atoms with Gasteiger partial charge in [0.15, 0.2) is 0 Å². The zero-order valence-corrected chi connectivity index (χ0v) is 83.6. The highest BCUT2D eigenvalue weighted by Crippen LogP contribution is 2.41. The van der Waals surface area contributed by atoms with Gasteiger partial charge in [-0.25, -0.2) is 73.8 Å². The highest BCUT2D eigenvalue weighted by molar-refractivity contribution is 9.09. The molecule has 0 amide bonds. The fourth-order valence-corrected chi connectivity index (χ4v) is 16.1. The number of nitrogens with two attached hydrogens (primary N) is 2. The Morgan fingerprint density at radius 2 is 0.769 bits per heavy atom. The lowest BCUT2D eigenvalue weighted by Crippen LogP contribution is -2.12. The van der Waals surface area contributed by atoms with E-state index in [0.29, 0.717) is 104 Å². The number of benzene rings is 10. The molecule has 0 saturated heterocycles. The third-order valence-electron chi connectivity index (χ3n) is 20.7. The second-order valence-electron chi connectivity index (χ2n) is 32.7. The Morgan fingerprint density at radius 3 is 1.10 bits per heavy atom. The van der Waals surface area contributed by atoms with Crippen molar-refractivity contribution in [3.63, 3.8) is 0 Å². The number of Topliss-reactive ketones (excluding diaryl/α,β-unsaturated/α-hetero) is 1. The summed E-state index contributed by atoms with van der Waals surface area (Å²) in [4.78, 5) is 73.0. The number of nitrogen functional groups attached to an aromatic ring is 1. The molecule has 0 bridgehead atoms. The molecule has 2 aliphatic rings. The molecule has 0 spiro atoms. The van der Waals surface area contributed by atoms with Crippen LogP contribution in [-0.4, -0.2) is 161 Å². The highest BCUT2D eigenvalue weighted by Gasteiger charge is 2.30. The number of para-hydroxylation sites is 1. The predicted octanol–water partition coefficient (Wildman–Crippen LogP) is 17.9. The van der Waals surface area contributed by atoms with Crippen LogP contribution < -0.4 is 16.2 Å². The number of hydrogen-bond donors (Lipinski definition) is 4. The molecule has 12 aromatic rings. The summed E-state index contributed by atoms with van der Waals surface area (Å²) < 4.78 is 191. The second-order valence-corrected chi connectivity index (χ2v) is 43.4. The smallest absolute Gasteiger partial charge is 0.315 e. The van der Waals surface area contributed by atoms with Crippen molar-refractivity contribution in [3.8, 4) is 17.1 Å². The standard InChI is InChI=1S/C25H26ClFN2O3S.C17H17FO4S.C13H14ClN3.C9H10FNO4S.C9H12FNO2S.C8H7BrFNO2.C8H6FNO4.C8H8FNO3/c1-33(31,32)12-11-18-6-5-17(14-24(18)27)13-23(30)10-9-22-16-25(19-7-8-19)28-29(22)21-4-2-3-20(26)15-21;1-23(20,21)10-9-14-8-7-13(11-16(14)18)12-17(19)22-15-5-3-2-4-6-15;14-10-2-1-3-11(6-10)17-12(8-15)7-13(16-17)9-4-5-9;1-16(14,15)5-4-7-2-3-8(11(12)13)6-9(7)10;1-14(12,13)5-4-7-2-3-8(11)6-9(7)10;9-4-3-6-1-2-7(11(12)13)5-8(6)10;9-7-4-6(10(13)14)2-1-5(7)3-8(11)12;9-8-5-7(10(12)13)2-1-6(8)3-4-11/h2-6,14-16,19H,7-13H2,1H3;2-8,11H,9-10,12H2,1H3;1-3,6-7,9H,4-5,8,15H2;2-3,6H,4-5H2,1H3;2-3,6H,4-5,11H2,1H3;1-2,5H,3-4H2;1-2,4H,3H2,(H,11,12);1-2,5,11H,3-4H2. The Balaban J connectivity index is 0.000000227. The number of aliphatic hydroxyl groups excluding tert-OH is 1. The number of alkyl halides is 1. The number of anilines is 1. The predicted molar refractivity (Wildman–Crippen MR) is 531 cm³/mol. The average Bonchev–Trinajstić information content (AvgIpc) is 1.65. The molecule has 0 radical (unpaired) electrons. The third kappa shape index (κ3) is 42.6. The van der Waals surface area contributed by atoms with E-state index in [9.17, 15) is 119 Å². The highest BCUT2D eigenvalue weighted by atomic mass is 79.9. The van der Waals surface area contributed by atoms with Gasteiger partial charge in [0, 0.05) is 114 Å². The average molecular weight is 2170 g/mol. The lowest BCUT2D eigenvalue weighted by molar-refractivity contribution is -0.385. The number of nitro benzene ring substituents is 4.